The van der Waals surface area contributed by atoms with Gasteiger partial charge in [0.15, 0.2) is 11.6 Å². The van der Waals surface area contributed by atoms with Crippen LogP contribution in [0.5, 0.6) is 0 Å². The molecule has 1 aliphatic rings. The van der Waals surface area contributed by atoms with Crippen molar-refractivity contribution in [3.8, 4) is 11.4 Å². The van der Waals surface area contributed by atoms with Gasteiger partial charge in [0, 0.05) is 24.2 Å². The van der Waals surface area contributed by atoms with Crippen molar-refractivity contribution in [3.05, 3.63) is 66.3 Å². The minimum absolute atomic E-state index is 0.210. The maximum absolute atomic E-state index is 6.36. The monoisotopic (exact) mass is 350 g/mol. The molecule has 0 radical (unpaired) electrons. The predicted octanol–water partition coefficient (Wildman–Crippen LogP) is 1.04. The third-order valence-corrected chi connectivity index (χ3v) is 4.39. The van der Waals surface area contributed by atoms with Gasteiger partial charge in [0.1, 0.15) is 31.2 Å². The average molecular weight is 350 g/mol. The third-order valence-electron chi connectivity index (χ3n) is 4.39. The lowest BCUT2D eigenvalue weighted by atomic mass is 9.92. The smallest absolute Gasteiger partial charge is 0.227 e. The summed E-state index contributed by atoms with van der Waals surface area (Å²) in [5.74, 6) is 1.38. The Morgan fingerprint density at radius 3 is 3.00 bits per heavy atom. The molecule has 10 heteroatoms. The molecule has 26 heavy (non-hydrogen) atoms. The van der Waals surface area contributed by atoms with Crippen molar-refractivity contribution < 1.29 is 9.26 Å². The highest BCUT2D eigenvalue weighted by Crippen LogP contribution is 2.41. The summed E-state index contributed by atoms with van der Waals surface area (Å²) in [6.07, 6.45) is 4.59. The number of aromatic nitrogens is 7. The first-order valence-corrected chi connectivity index (χ1v) is 7.94. The lowest BCUT2D eigenvalue weighted by Gasteiger charge is -2.38. The van der Waals surface area contributed by atoms with Crippen LogP contribution in [0.3, 0.4) is 0 Å². The molecule has 4 heterocycles. The number of aryl methyl sites for hydroxylation is 1. The zero-order chi connectivity index (χ0) is 17.6. The second-order valence-electron chi connectivity index (χ2n) is 5.84. The standard InChI is InChI=1S/C16H14N8O2/c1-23-14(17-9-19-23)8-25-16(13-6-7-26-21-13)12-5-3-2-4-11(12)15-20-18-10-24(15)22-16/h2-7,9-10,22H,8H2,1H3. The lowest BCUT2D eigenvalue weighted by Crippen LogP contribution is -2.47. The van der Waals surface area contributed by atoms with Gasteiger partial charge in [-0.1, -0.05) is 29.4 Å². The maximum atomic E-state index is 6.36. The lowest BCUT2D eigenvalue weighted by molar-refractivity contribution is -0.0287. The Kier molecular flexibility index (Phi) is 3.12. The summed E-state index contributed by atoms with van der Waals surface area (Å²) in [6, 6.07) is 9.57. The molecule has 4 aromatic rings. The van der Waals surface area contributed by atoms with Crippen molar-refractivity contribution in [1.82, 2.24) is 34.8 Å². The molecule has 1 atom stereocenters. The SMILES string of the molecule is Cn1ncnc1COC1(c2ccon2)Nn2cnnc2-c2ccccc21. The third kappa shape index (κ3) is 2.05. The van der Waals surface area contributed by atoms with Crippen LogP contribution in [0.25, 0.3) is 11.4 Å². The molecule has 0 saturated carbocycles. The van der Waals surface area contributed by atoms with Gasteiger partial charge in [-0.3, -0.25) is 10.1 Å². The number of hydrogen-bond donors (Lipinski definition) is 1. The van der Waals surface area contributed by atoms with E-state index < -0.39 is 5.72 Å². The highest BCUT2D eigenvalue weighted by Gasteiger charge is 2.45. The van der Waals surface area contributed by atoms with Crippen LogP contribution in [-0.4, -0.2) is 34.8 Å². The fourth-order valence-electron chi connectivity index (χ4n) is 3.11. The molecule has 10 nitrogen and oxygen atoms in total. The molecular formula is C16H14N8O2. The minimum Gasteiger partial charge on any atom is -0.364 e. The molecule has 0 aliphatic carbocycles. The van der Waals surface area contributed by atoms with Gasteiger partial charge >= 0.3 is 0 Å². The molecule has 0 fully saturated rings. The molecule has 1 aromatic carbocycles. The van der Waals surface area contributed by atoms with Crippen molar-refractivity contribution in [2.75, 3.05) is 5.43 Å². The summed E-state index contributed by atoms with van der Waals surface area (Å²) >= 11 is 0. The number of fused-ring (bicyclic) bond motifs is 3. The predicted molar refractivity (Wildman–Crippen MR) is 87.9 cm³/mol. The van der Waals surface area contributed by atoms with Gasteiger partial charge in [-0.2, -0.15) is 5.10 Å². The van der Waals surface area contributed by atoms with Gasteiger partial charge in [-0.25, -0.2) is 9.66 Å². The van der Waals surface area contributed by atoms with Crippen LogP contribution in [0.4, 0.5) is 0 Å². The molecule has 0 bridgehead atoms. The van der Waals surface area contributed by atoms with Crippen LogP contribution in [-0.2, 0) is 24.1 Å². The molecule has 0 saturated heterocycles. The zero-order valence-electron chi connectivity index (χ0n) is 13.8. The first kappa shape index (κ1) is 14.8. The van der Waals surface area contributed by atoms with Gasteiger partial charge in [-0.15, -0.1) is 10.2 Å². The topological polar surface area (TPSA) is 109 Å². The molecule has 1 unspecified atom stereocenters. The van der Waals surface area contributed by atoms with Crippen molar-refractivity contribution >= 4 is 0 Å². The Hall–Kier alpha value is -3.53. The Morgan fingerprint density at radius 1 is 1.27 bits per heavy atom. The van der Waals surface area contributed by atoms with Crippen LogP contribution in [0.15, 0.2) is 53.8 Å². The molecule has 1 N–H and O–H groups in total. The van der Waals surface area contributed by atoms with Gasteiger partial charge in [0.25, 0.3) is 0 Å². The fourth-order valence-corrected chi connectivity index (χ4v) is 3.11. The molecule has 5 rings (SSSR count). The van der Waals surface area contributed by atoms with E-state index in [9.17, 15) is 0 Å². The second kappa shape index (κ2) is 5.49. The van der Waals surface area contributed by atoms with E-state index in [2.05, 4.69) is 30.9 Å². The Balaban J connectivity index is 1.67. The maximum Gasteiger partial charge on any atom is 0.227 e. The molecule has 130 valence electrons. The van der Waals surface area contributed by atoms with Gasteiger partial charge < -0.3 is 9.26 Å². The molecular weight excluding hydrogens is 336 g/mol. The summed E-state index contributed by atoms with van der Waals surface area (Å²) in [7, 11) is 1.81. The van der Waals surface area contributed by atoms with Gasteiger partial charge in [0.2, 0.25) is 5.72 Å². The second-order valence-corrected chi connectivity index (χ2v) is 5.84. The largest absolute Gasteiger partial charge is 0.364 e. The first-order chi connectivity index (χ1) is 12.8. The molecule has 0 amide bonds. The highest BCUT2D eigenvalue weighted by molar-refractivity contribution is 5.66. The van der Waals surface area contributed by atoms with E-state index in [0.29, 0.717) is 17.3 Å². The summed E-state index contributed by atoms with van der Waals surface area (Å²) in [5, 5.41) is 16.4. The van der Waals surface area contributed by atoms with E-state index in [1.807, 2.05) is 31.3 Å². The molecule has 0 spiro atoms. The van der Waals surface area contributed by atoms with Crippen molar-refractivity contribution in [3.63, 3.8) is 0 Å². The van der Waals surface area contributed by atoms with Crippen LogP contribution in [0.1, 0.15) is 17.1 Å². The van der Waals surface area contributed by atoms with Gasteiger partial charge in [-0.05, 0) is 0 Å². The summed E-state index contributed by atoms with van der Waals surface area (Å²) in [4.78, 5) is 4.23. The van der Waals surface area contributed by atoms with E-state index in [1.54, 1.807) is 21.8 Å². The summed E-state index contributed by atoms with van der Waals surface area (Å²) in [6.45, 7) is 0.210. The quantitative estimate of drug-likeness (QED) is 0.581. The number of benzene rings is 1. The van der Waals surface area contributed by atoms with Crippen LogP contribution in [0, 0.1) is 0 Å². The zero-order valence-corrected chi connectivity index (χ0v) is 13.8. The Labute approximate surface area is 147 Å². The number of nitrogens with one attached hydrogen (secondary N) is 1. The fraction of sp³-hybridized carbons (Fsp3) is 0.188. The van der Waals surface area contributed by atoms with Crippen LogP contribution in [0.2, 0.25) is 0 Å². The number of nitrogens with zero attached hydrogens (tertiary/aromatic N) is 7. The number of ether oxygens (including phenoxy) is 1. The van der Waals surface area contributed by atoms with Crippen molar-refractivity contribution in [1.29, 1.82) is 0 Å². The van der Waals surface area contributed by atoms with E-state index in [1.165, 1.54) is 12.6 Å². The number of hydrogen-bond acceptors (Lipinski definition) is 8. The molecule has 3 aromatic heterocycles. The van der Waals surface area contributed by atoms with Crippen molar-refractivity contribution in [2.45, 2.75) is 12.3 Å². The highest BCUT2D eigenvalue weighted by atomic mass is 16.5. The average Bonchev–Trinajstić information content (AvgIpc) is 3.42. The van der Waals surface area contributed by atoms with Crippen LogP contribution < -0.4 is 5.43 Å². The van der Waals surface area contributed by atoms with E-state index in [-0.39, 0.29) is 6.61 Å². The Bertz CT molecular complexity index is 1050. The van der Waals surface area contributed by atoms with Gasteiger partial charge in [0.05, 0.1) is 0 Å². The molecule has 1 aliphatic heterocycles. The first-order valence-electron chi connectivity index (χ1n) is 7.94. The minimum atomic E-state index is -1.09. The summed E-state index contributed by atoms with van der Waals surface area (Å²) < 4.78 is 14.8. The Morgan fingerprint density at radius 2 is 2.19 bits per heavy atom. The van der Waals surface area contributed by atoms with Crippen molar-refractivity contribution in [2.24, 2.45) is 7.05 Å². The summed E-state index contributed by atoms with van der Waals surface area (Å²) in [5.41, 5.74) is 4.55. The van der Waals surface area contributed by atoms with E-state index >= 15 is 0 Å². The normalized spacial score (nSPS) is 18.2. The number of rotatable bonds is 4. The van der Waals surface area contributed by atoms with Crippen LogP contribution >= 0.6 is 0 Å². The van der Waals surface area contributed by atoms with E-state index in [0.717, 1.165) is 11.1 Å². The van der Waals surface area contributed by atoms with E-state index in [4.69, 9.17) is 9.26 Å².